The lowest BCUT2D eigenvalue weighted by atomic mass is 9.75. The van der Waals surface area contributed by atoms with Gasteiger partial charge in [-0.3, -0.25) is 0 Å². The molecule has 10 heavy (non-hydrogen) atoms. The second-order valence-corrected chi connectivity index (χ2v) is 3.92. The molecule has 0 radical (unpaired) electrons. The molecule has 0 N–H and O–H groups in total. The molecule has 0 aromatic carbocycles. The minimum atomic E-state index is -0.979. The van der Waals surface area contributed by atoms with Crippen LogP contribution in [-0.4, -0.2) is 5.67 Å². The largest absolute Gasteiger partial charge is 0.243 e. The lowest BCUT2D eigenvalue weighted by molar-refractivity contribution is 0.0213. The zero-order valence-corrected chi connectivity index (χ0v) is 7.79. The van der Waals surface area contributed by atoms with Gasteiger partial charge >= 0.3 is 0 Å². The molecular weight excluding hydrogens is 127 g/mol. The maximum absolute atomic E-state index is 13.8. The molecule has 0 fully saturated rings. The van der Waals surface area contributed by atoms with E-state index in [0.29, 0.717) is 12.8 Å². The molecule has 0 spiro atoms. The third kappa shape index (κ3) is 1.71. The first-order valence-corrected chi connectivity index (χ1v) is 4.06. The number of alkyl halides is 1. The molecule has 0 nitrogen and oxygen atoms in total. The van der Waals surface area contributed by atoms with Crippen LogP contribution in [0.4, 0.5) is 4.39 Å². The van der Waals surface area contributed by atoms with Crippen LogP contribution in [0, 0.1) is 5.41 Å². The van der Waals surface area contributed by atoms with E-state index in [2.05, 4.69) is 0 Å². The predicted octanol–water partition coefficient (Wildman–Crippen LogP) is 3.56. The smallest absolute Gasteiger partial charge is 0.115 e. The molecule has 0 aliphatic heterocycles. The molecule has 0 atom stereocenters. The average Bonchev–Trinajstić information content (AvgIpc) is 1.84. The SMILES string of the molecule is CCC(F)(CC)C(C)(C)C. The van der Waals surface area contributed by atoms with Gasteiger partial charge in [-0.05, 0) is 18.3 Å². The van der Waals surface area contributed by atoms with Crippen molar-refractivity contribution in [3.05, 3.63) is 0 Å². The summed E-state index contributed by atoms with van der Waals surface area (Å²) in [5.74, 6) is 0. The highest BCUT2D eigenvalue weighted by Gasteiger charge is 2.38. The van der Waals surface area contributed by atoms with Gasteiger partial charge in [-0.1, -0.05) is 34.6 Å². The lowest BCUT2D eigenvalue weighted by Gasteiger charge is -2.36. The standard InChI is InChI=1S/C9H19F/c1-6-9(10,7-2)8(3,4)5/h6-7H2,1-5H3. The molecule has 0 saturated heterocycles. The summed E-state index contributed by atoms with van der Waals surface area (Å²) in [4.78, 5) is 0. The summed E-state index contributed by atoms with van der Waals surface area (Å²) in [6.07, 6.45) is 1.24. The molecule has 0 aliphatic carbocycles. The Labute approximate surface area is 63.8 Å². The summed E-state index contributed by atoms with van der Waals surface area (Å²) in [5.41, 5.74) is -1.19. The third-order valence-corrected chi connectivity index (χ3v) is 2.46. The predicted molar refractivity (Wildman–Crippen MR) is 43.9 cm³/mol. The highest BCUT2D eigenvalue weighted by Crippen LogP contribution is 2.39. The molecular formula is C9H19F. The first-order chi connectivity index (χ1) is 4.37. The molecule has 1 heteroatoms. The normalized spacial score (nSPS) is 13.8. The quantitative estimate of drug-likeness (QED) is 0.558. The van der Waals surface area contributed by atoms with Gasteiger partial charge in [0, 0.05) is 0 Å². The van der Waals surface area contributed by atoms with E-state index >= 15 is 0 Å². The number of rotatable bonds is 2. The fourth-order valence-corrected chi connectivity index (χ4v) is 1.31. The van der Waals surface area contributed by atoms with Crippen molar-refractivity contribution in [3.8, 4) is 0 Å². The van der Waals surface area contributed by atoms with Crippen LogP contribution < -0.4 is 0 Å². The van der Waals surface area contributed by atoms with Crippen LogP contribution in [0.2, 0.25) is 0 Å². The van der Waals surface area contributed by atoms with Crippen LogP contribution in [0.5, 0.6) is 0 Å². The Morgan fingerprint density at radius 2 is 1.30 bits per heavy atom. The van der Waals surface area contributed by atoms with Gasteiger partial charge in [0.15, 0.2) is 0 Å². The summed E-state index contributed by atoms with van der Waals surface area (Å²) in [5, 5.41) is 0. The van der Waals surface area contributed by atoms with Gasteiger partial charge < -0.3 is 0 Å². The molecule has 62 valence electrons. The summed E-state index contributed by atoms with van der Waals surface area (Å²) in [7, 11) is 0. The van der Waals surface area contributed by atoms with Crippen molar-refractivity contribution in [1.82, 2.24) is 0 Å². The number of halogens is 1. The number of hydrogen-bond acceptors (Lipinski definition) is 0. The molecule has 0 heterocycles. The molecule has 0 unspecified atom stereocenters. The molecule has 0 bridgehead atoms. The van der Waals surface area contributed by atoms with Crippen LogP contribution in [0.1, 0.15) is 47.5 Å². The van der Waals surface area contributed by atoms with E-state index in [-0.39, 0.29) is 5.41 Å². The van der Waals surface area contributed by atoms with E-state index in [1.54, 1.807) is 0 Å². The van der Waals surface area contributed by atoms with Crippen LogP contribution in [-0.2, 0) is 0 Å². The second kappa shape index (κ2) is 2.89. The van der Waals surface area contributed by atoms with E-state index in [9.17, 15) is 4.39 Å². The van der Waals surface area contributed by atoms with Crippen molar-refractivity contribution in [2.45, 2.75) is 53.1 Å². The molecule has 0 aromatic heterocycles. The Hall–Kier alpha value is -0.0700. The van der Waals surface area contributed by atoms with E-state index in [1.807, 2.05) is 34.6 Å². The van der Waals surface area contributed by atoms with Crippen molar-refractivity contribution in [1.29, 1.82) is 0 Å². The monoisotopic (exact) mass is 146 g/mol. The fourth-order valence-electron chi connectivity index (χ4n) is 1.31. The summed E-state index contributed by atoms with van der Waals surface area (Å²) < 4.78 is 13.8. The van der Waals surface area contributed by atoms with E-state index < -0.39 is 5.67 Å². The molecule has 0 aliphatic rings. The number of hydrogen-bond donors (Lipinski definition) is 0. The van der Waals surface area contributed by atoms with Crippen molar-refractivity contribution < 1.29 is 4.39 Å². The Kier molecular flexibility index (Phi) is 2.87. The zero-order chi connectivity index (χ0) is 8.41. The molecule has 0 aromatic rings. The van der Waals surface area contributed by atoms with Crippen molar-refractivity contribution in [2.24, 2.45) is 5.41 Å². The maximum Gasteiger partial charge on any atom is 0.115 e. The van der Waals surface area contributed by atoms with E-state index in [4.69, 9.17) is 0 Å². The fraction of sp³-hybridized carbons (Fsp3) is 1.00. The Morgan fingerprint density at radius 3 is 1.30 bits per heavy atom. The van der Waals surface area contributed by atoms with E-state index in [1.165, 1.54) is 0 Å². The minimum absolute atomic E-state index is 0.212. The second-order valence-electron chi connectivity index (χ2n) is 3.92. The molecule has 0 amide bonds. The Bertz CT molecular complexity index is 95.8. The first kappa shape index (κ1) is 9.93. The maximum atomic E-state index is 13.8. The van der Waals surface area contributed by atoms with Gasteiger partial charge in [0.25, 0.3) is 0 Å². The van der Waals surface area contributed by atoms with Crippen molar-refractivity contribution in [2.75, 3.05) is 0 Å². The highest BCUT2D eigenvalue weighted by molar-refractivity contribution is 4.88. The Balaban J connectivity index is 4.33. The summed E-state index contributed by atoms with van der Waals surface area (Å²) in [6, 6.07) is 0. The van der Waals surface area contributed by atoms with Gasteiger partial charge in [0.1, 0.15) is 5.67 Å². The average molecular weight is 146 g/mol. The molecule has 0 saturated carbocycles. The Morgan fingerprint density at radius 1 is 1.00 bits per heavy atom. The molecule has 0 rings (SSSR count). The van der Waals surface area contributed by atoms with Crippen molar-refractivity contribution in [3.63, 3.8) is 0 Å². The van der Waals surface area contributed by atoms with Crippen LogP contribution in [0.25, 0.3) is 0 Å². The summed E-state index contributed by atoms with van der Waals surface area (Å²) >= 11 is 0. The van der Waals surface area contributed by atoms with Crippen LogP contribution >= 0.6 is 0 Å². The van der Waals surface area contributed by atoms with Gasteiger partial charge in [-0.2, -0.15) is 0 Å². The van der Waals surface area contributed by atoms with Crippen LogP contribution in [0.3, 0.4) is 0 Å². The highest BCUT2D eigenvalue weighted by atomic mass is 19.1. The minimum Gasteiger partial charge on any atom is -0.243 e. The topological polar surface area (TPSA) is 0 Å². The van der Waals surface area contributed by atoms with Gasteiger partial charge in [0.05, 0.1) is 0 Å². The van der Waals surface area contributed by atoms with Gasteiger partial charge in [0.2, 0.25) is 0 Å². The van der Waals surface area contributed by atoms with Gasteiger partial charge in [-0.25, -0.2) is 4.39 Å². The summed E-state index contributed by atoms with van der Waals surface area (Å²) in [6.45, 7) is 9.70. The van der Waals surface area contributed by atoms with Crippen molar-refractivity contribution >= 4 is 0 Å². The van der Waals surface area contributed by atoms with Gasteiger partial charge in [-0.15, -0.1) is 0 Å². The first-order valence-electron chi connectivity index (χ1n) is 4.06. The van der Waals surface area contributed by atoms with Crippen LogP contribution in [0.15, 0.2) is 0 Å². The lowest BCUT2D eigenvalue weighted by Crippen LogP contribution is -2.36. The van der Waals surface area contributed by atoms with E-state index in [0.717, 1.165) is 0 Å². The third-order valence-electron chi connectivity index (χ3n) is 2.46. The zero-order valence-electron chi connectivity index (χ0n) is 7.79.